The molecule has 0 bridgehead atoms. The Morgan fingerprint density at radius 3 is 2.00 bits per heavy atom. The molecule has 0 spiro atoms. The SMILES string of the molecule is C[C@H](N)c1nc(-c2ccccc2)c(-c2ccccc2)[nH]1. The Bertz CT molecular complexity index is 628. The van der Waals surface area contributed by atoms with Crippen LogP contribution in [0.5, 0.6) is 0 Å². The van der Waals surface area contributed by atoms with Crippen molar-refractivity contribution in [1.29, 1.82) is 0 Å². The van der Waals surface area contributed by atoms with E-state index in [0.717, 1.165) is 28.3 Å². The van der Waals surface area contributed by atoms with Crippen LogP contribution >= 0.6 is 0 Å². The maximum Gasteiger partial charge on any atom is 0.123 e. The number of imidazole rings is 1. The predicted molar refractivity (Wildman–Crippen MR) is 82.1 cm³/mol. The molecule has 0 saturated heterocycles. The standard InChI is InChI=1S/C17H17N3/c1-12(18)17-19-15(13-8-4-2-5-9-13)16(20-17)14-10-6-3-7-11-14/h2-12H,18H2,1H3,(H,19,20)/t12-/m0/s1. The third kappa shape index (κ3) is 2.36. The van der Waals surface area contributed by atoms with Crippen molar-refractivity contribution in [3.05, 3.63) is 66.5 Å². The minimum atomic E-state index is -0.116. The van der Waals surface area contributed by atoms with Gasteiger partial charge < -0.3 is 10.7 Å². The molecule has 0 radical (unpaired) electrons. The Hall–Kier alpha value is -2.39. The second-order valence-electron chi connectivity index (χ2n) is 4.87. The van der Waals surface area contributed by atoms with Crippen LogP contribution in [0.15, 0.2) is 60.7 Å². The van der Waals surface area contributed by atoms with Crippen molar-refractivity contribution >= 4 is 0 Å². The minimum absolute atomic E-state index is 0.116. The van der Waals surface area contributed by atoms with Crippen LogP contribution in [-0.2, 0) is 0 Å². The molecule has 2 aromatic carbocycles. The molecule has 3 heteroatoms. The zero-order valence-electron chi connectivity index (χ0n) is 11.4. The van der Waals surface area contributed by atoms with Crippen molar-refractivity contribution in [2.24, 2.45) is 5.73 Å². The first kappa shape index (κ1) is 12.6. The molecule has 3 rings (SSSR count). The average molecular weight is 263 g/mol. The Labute approximate surface area is 118 Å². The van der Waals surface area contributed by atoms with Crippen LogP contribution in [0, 0.1) is 0 Å². The Kier molecular flexibility index (Phi) is 3.35. The maximum absolute atomic E-state index is 5.96. The predicted octanol–water partition coefficient (Wildman–Crippen LogP) is 3.76. The van der Waals surface area contributed by atoms with Gasteiger partial charge in [0.1, 0.15) is 5.82 Å². The number of benzene rings is 2. The summed E-state index contributed by atoms with van der Waals surface area (Å²) in [6.45, 7) is 1.93. The second kappa shape index (κ2) is 5.31. The van der Waals surface area contributed by atoms with Crippen LogP contribution in [-0.4, -0.2) is 9.97 Å². The summed E-state index contributed by atoms with van der Waals surface area (Å²) in [5, 5.41) is 0. The molecule has 100 valence electrons. The molecule has 20 heavy (non-hydrogen) atoms. The summed E-state index contributed by atoms with van der Waals surface area (Å²) in [6, 6.07) is 20.3. The van der Waals surface area contributed by atoms with Crippen LogP contribution in [0.1, 0.15) is 18.8 Å². The summed E-state index contributed by atoms with van der Waals surface area (Å²) in [7, 11) is 0. The van der Waals surface area contributed by atoms with Crippen LogP contribution in [0.4, 0.5) is 0 Å². The van der Waals surface area contributed by atoms with Gasteiger partial charge in [-0.05, 0) is 6.92 Å². The van der Waals surface area contributed by atoms with E-state index in [2.05, 4.69) is 34.2 Å². The van der Waals surface area contributed by atoms with E-state index in [1.807, 2.05) is 43.3 Å². The fourth-order valence-electron chi connectivity index (χ4n) is 2.23. The normalized spacial score (nSPS) is 12.3. The number of hydrogen-bond acceptors (Lipinski definition) is 2. The van der Waals surface area contributed by atoms with E-state index in [4.69, 9.17) is 5.73 Å². The van der Waals surface area contributed by atoms with Crippen LogP contribution in [0.2, 0.25) is 0 Å². The van der Waals surface area contributed by atoms with E-state index in [9.17, 15) is 0 Å². The quantitative estimate of drug-likeness (QED) is 0.756. The monoisotopic (exact) mass is 263 g/mol. The van der Waals surface area contributed by atoms with Gasteiger partial charge in [-0.2, -0.15) is 0 Å². The number of aromatic amines is 1. The molecule has 0 amide bonds. The summed E-state index contributed by atoms with van der Waals surface area (Å²) >= 11 is 0. The number of nitrogens with one attached hydrogen (secondary N) is 1. The number of H-pyrrole nitrogens is 1. The molecule has 3 aromatic rings. The van der Waals surface area contributed by atoms with Crippen LogP contribution in [0.3, 0.4) is 0 Å². The van der Waals surface area contributed by atoms with Gasteiger partial charge in [-0.25, -0.2) is 4.98 Å². The molecular weight excluding hydrogens is 246 g/mol. The fraction of sp³-hybridized carbons (Fsp3) is 0.118. The number of hydrogen-bond donors (Lipinski definition) is 2. The summed E-state index contributed by atoms with van der Waals surface area (Å²) in [4.78, 5) is 8.04. The summed E-state index contributed by atoms with van der Waals surface area (Å²) in [5.74, 6) is 0.808. The first-order chi connectivity index (χ1) is 9.75. The summed E-state index contributed by atoms with van der Waals surface area (Å²) < 4.78 is 0. The molecular formula is C17H17N3. The van der Waals surface area contributed by atoms with Gasteiger partial charge in [-0.15, -0.1) is 0 Å². The highest BCUT2D eigenvalue weighted by Gasteiger charge is 2.15. The van der Waals surface area contributed by atoms with Crippen molar-refractivity contribution in [1.82, 2.24) is 9.97 Å². The molecule has 0 unspecified atom stereocenters. The van der Waals surface area contributed by atoms with Crippen molar-refractivity contribution in [2.45, 2.75) is 13.0 Å². The summed E-state index contributed by atoms with van der Waals surface area (Å²) in [6.07, 6.45) is 0. The third-order valence-electron chi connectivity index (χ3n) is 3.26. The van der Waals surface area contributed by atoms with Gasteiger partial charge in [0.05, 0.1) is 17.4 Å². The number of rotatable bonds is 3. The first-order valence-electron chi connectivity index (χ1n) is 6.72. The van der Waals surface area contributed by atoms with Gasteiger partial charge >= 0.3 is 0 Å². The lowest BCUT2D eigenvalue weighted by Crippen LogP contribution is -2.06. The van der Waals surface area contributed by atoms with Crippen molar-refractivity contribution in [3.63, 3.8) is 0 Å². The average Bonchev–Trinajstić information content (AvgIpc) is 2.94. The lowest BCUT2D eigenvalue weighted by Gasteiger charge is -2.02. The lowest BCUT2D eigenvalue weighted by molar-refractivity contribution is 0.757. The molecule has 0 aliphatic rings. The van der Waals surface area contributed by atoms with Crippen LogP contribution in [0.25, 0.3) is 22.5 Å². The number of aromatic nitrogens is 2. The van der Waals surface area contributed by atoms with E-state index in [1.54, 1.807) is 0 Å². The second-order valence-corrected chi connectivity index (χ2v) is 4.87. The van der Waals surface area contributed by atoms with E-state index in [0.29, 0.717) is 0 Å². The van der Waals surface area contributed by atoms with E-state index in [1.165, 1.54) is 0 Å². The molecule has 3 N–H and O–H groups in total. The fourth-order valence-corrected chi connectivity index (χ4v) is 2.23. The van der Waals surface area contributed by atoms with Crippen molar-refractivity contribution in [3.8, 4) is 22.5 Å². The smallest absolute Gasteiger partial charge is 0.123 e. The van der Waals surface area contributed by atoms with Gasteiger partial charge in [-0.3, -0.25) is 0 Å². The first-order valence-corrected chi connectivity index (χ1v) is 6.72. The number of nitrogens with zero attached hydrogens (tertiary/aromatic N) is 1. The molecule has 0 saturated carbocycles. The highest BCUT2D eigenvalue weighted by atomic mass is 15.0. The molecule has 0 fully saturated rings. The van der Waals surface area contributed by atoms with Gasteiger partial charge in [0.2, 0.25) is 0 Å². The number of nitrogens with two attached hydrogens (primary N) is 1. The topological polar surface area (TPSA) is 54.7 Å². The van der Waals surface area contributed by atoms with E-state index >= 15 is 0 Å². The molecule has 0 aliphatic carbocycles. The van der Waals surface area contributed by atoms with E-state index in [-0.39, 0.29) is 6.04 Å². The lowest BCUT2D eigenvalue weighted by atomic mass is 10.1. The Morgan fingerprint density at radius 2 is 1.45 bits per heavy atom. The highest BCUT2D eigenvalue weighted by Crippen LogP contribution is 2.30. The zero-order chi connectivity index (χ0) is 13.9. The van der Waals surface area contributed by atoms with Gasteiger partial charge in [0.25, 0.3) is 0 Å². The Morgan fingerprint density at radius 1 is 0.900 bits per heavy atom. The van der Waals surface area contributed by atoms with Gasteiger partial charge in [0.15, 0.2) is 0 Å². The molecule has 1 aromatic heterocycles. The zero-order valence-corrected chi connectivity index (χ0v) is 11.4. The maximum atomic E-state index is 5.96. The molecule has 0 aliphatic heterocycles. The van der Waals surface area contributed by atoms with Gasteiger partial charge in [0, 0.05) is 11.1 Å². The summed E-state index contributed by atoms with van der Waals surface area (Å²) in [5.41, 5.74) is 10.1. The largest absolute Gasteiger partial charge is 0.340 e. The molecule has 3 nitrogen and oxygen atoms in total. The van der Waals surface area contributed by atoms with E-state index < -0.39 is 0 Å². The van der Waals surface area contributed by atoms with Gasteiger partial charge in [-0.1, -0.05) is 60.7 Å². The van der Waals surface area contributed by atoms with Crippen LogP contribution < -0.4 is 5.73 Å². The molecule has 1 heterocycles. The Balaban J connectivity index is 2.18. The third-order valence-corrected chi connectivity index (χ3v) is 3.26. The molecule has 1 atom stereocenters. The van der Waals surface area contributed by atoms with Crippen molar-refractivity contribution < 1.29 is 0 Å². The van der Waals surface area contributed by atoms with Crippen molar-refractivity contribution in [2.75, 3.05) is 0 Å². The minimum Gasteiger partial charge on any atom is -0.340 e. The highest BCUT2D eigenvalue weighted by molar-refractivity contribution is 5.78.